The molecule has 1 aromatic rings. The highest BCUT2D eigenvalue weighted by molar-refractivity contribution is 6.29. The van der Waals surface area contributed by atoms with E-state index in [0.29, 0.717) is 18.1 Å². The molecule has 2 radical (unpaired) electrons. The fraction of sp³-hybridized carbons (Fsp3) is 0.333. The molecule has 54 valence electrons. The fourth-order valence-electron chi connectivity index (χ4n) is 0.898. The number of imidazole rings is 1. The van der Waals surface area contributed by atoms with Crippen LogP contribution in [0.2, 0.25) is 0 Å². The number of aromatic nitrogens is 2. The van der Waals surface area contributed by atoms with Gasteiger partial charge in [-0.3, -0.25) is 0 Å². The van der Waals surface area contributed by atoms with Gasteiger partial charge in [0.25, 0.3) is 0 Å². The number of hydrogen-bond acceptors (Lipinski definition) is 3. The molecule has 2 N–H and O–H groups in total. The molecule has 0 aliphatic rings. The van der Waals surface area contributed by atoms with Gasteiger partial charge in [0.05, 0.1) is 5.72 Å². The Morgan fingerprint density at radius 3 is 2.73 bits per heavy atom. The number of rotatable bonds is 1. The summed E-state index contributed by atoms with van der Waals surface area (Å²) in [5.41, 5.74) is 6.01. The first-order chi connectivity index (χ1) is 5.20. The van der Waals surface area contributed by atoms with Crippen LogP contribution in [0, 0.1) is 11.3 Å². The van der Waals surface area contributed by atoms with Gasteiger partial charge in [-0.25, -0.2) is 4.98 Å². The Hall–Kier alpha value is -1.44. The van der Waals surface area contributed by atoms with E-state index in [-0.39, 0.29) is 5.69 Å². The van der Waals surface area contributed by atoms with Crippen LogP contribution in [-0.4, -0.2) is 17.4 Å². The van der Waals surface area contributed by atoms with Crippen LogP contribution in [0.3, 0.4) is 0 Å². The van der Waals surface area contributed by atoms with Gasteiger partial charge in [0, 0.05) is 6.54 Å². The zero-order valence-electron chi connectivity index (χ0n) is 6.20. The van der Waals surface area contributed by atoms with Crippen LogP contribution in [0.25, 0.3) is 0 Å². The fourth-order valence-corrected chi connectivity index (χ4v) is 0.898. The monoisotopic (exact) mass is 146 g/mol. The Labute approximate surface area is 66.0 Å². The molecule has 0 aliphatic carbocycles. The molecule has 0 saturated heterocycles. The molecule has 0 atom stereocenters. The normalized spacial score (nSPS) is 9.45. The molecule has 0 aromatic carbocycles. The van der Waals surface area contributed by atoms with Crippen molar-refractivity contribution in [1.82, 2.24) is 9.55 Å². The minimum Gasteiger partial charge on any atom is -0.383 e. The van der Waals surface area contributed by atoms with E-state index in [9.17, 15) is 0 Å². The zero-order chi connectivity index (χ0) is 8.43. The summed E-state index contributed by atoms with van der Waals surface area (Å²) in [5, 5.41) is 8.49. The van der Waals surface area contributed by atoms with Crippen molar-refractivity contribution in [2.75, 3.05) is 5.73 Å². The SMILES string of the molecule is [B]c1nc(C#N)c(N)n1CC. The third-order valence-corrected chi connectivity index (χ3v) is 1.46. The number of nitrogen functional groups attached to an aromatic ring is 1. The second-order valence-corrected chi connectivity index (χ2v) is 2.06. The number of anilines is 1. The molecule has 1 aromatic heterocycles. The molecule has 5 heteroatoms. The van der Waals surface area contributed by atoms with E-state index in [1.54, 1.807) is 4.57 Å². The summed E-state index contributed by atoms with van der Waals surface area (Å²) >= 11 is 0. The van der Waals surface area contributed by atoms with Gasteiger partial charge in [0.15, 0.2) is 13.5 Å². The number of nitriles is 1. The largest absolute Gasteiger partial charge is 0.383 e. The van der Waals surface area contributed by atoms with E-state index in [1.165, 1.54) is 0 Å². The summed E-state index contributed by atoms with van der Waals surface area (Å²) in [5.74, 6) is 0.340. The first kappa shape index (κ1) is 7.67. The zero-order valence-corrected chi connectivity index (χ0v) is 6.20. The molecule has 1 heterocycles. The van der Waals surface area contributed by atoms with Gasteiger partial charge < -0.3 is 10.3 Å². The first-order valence-corrected chi connectivity index (χ1v) is 3.22. The predicted molar refractivity (Wildman–Crippen MR) is 42.4 cm³/mol. The van der Waals surface area contributed by atoms with Gasteiger partial charge in [-0.1, -0.05) is 0 Å². The standard InChI is InChI=1S/C6H7BN4/c1-2-11-5(9)4(3-8)10-6(11)7/h2,9H2,1H3. The lowest BCUT2D eigenvalue weighted by atomic mass is 10.1. The Morgan fingerprint density at radius 2 is 2.45 bits per heavy atom. The Kier molecular flexibility index (Phi) is 1.86. The summed E-state index contributed by atoms with van der Waals surface area (Å²) < 4.78 is 1.58. The van der Waals surface area contributed by atoms with E-state index >= 15 is 0 Å². The maximum atomic E-state index is 8.49. The van der Waals surface area contributed by atoms with Gasteiger partial charge >= 0.3 is 0 Å². The van der Waals surface area contributed by atoms with E-state index in [4.69, 9.17) is 18.8 Å². The van der Waals surface area contributed by atoms with Crippen molar-refractivity contribution in [3.05, 3.63) is 5.69 Å². The summed E-state index contributed by atoms with van der Waals surface area (Å²) in [4.78, 5) is 3.75. The van der Waals surface area contributed by atoms with E-state index in [2.05, 4.69) is 4.98 Å². The third kappa shape index (κ3) is 1.07. The number of hydrogen-bond donors (Lipinski definition) is 1. The molecule has 11 heavy (non-hydrogen) atoms. The van der Waals surface area contributed by atoms with Crippen molar-refractivity contribution in [3.63, 3.8) is 0 Å². The van der Waals surface area contributed by atoms with E-state index in [0.717, 1.165) is 0 Å². The Morgan fingerprint density at radius 1 is 1.82 bits per heavy atom. The second-order valence-electron chi connectivity index (χ2n) is 2.06. The highest BCUT2D eigenvalue weighted by atomic mass is 15.1. The summed E-state index contributed by atoms with van der Waals surface area (Å²) in [6.45, 7) is 2.52. The molecule has 0 fully saturated rings. The van der Waals surface area contributed by atoms with E-state index < -0.39 is 0 Å². The summed E-state index contributed by atoms with van der Waals surface area (Å²) in [6, 6.07) is 1.85. The molecule has 1 rings (SSSR count). The smallest absolute Gasteiger partial charge is 0.181 e. The van der Waals surface area contributed by atoms with Crippen LogP contribution in [0.1, 0.15) is 12.6 Å². The summed E-state index contributed by atoms with van der Waals surface area (Å²) in [7, 11) is 5.45. The quantitative estimate of drug-likeness (QED) is 0.524. The Bertz CT molecular complexity index is 309. The lowest BCUT2D eigenvalue weighted by Gasteiger charge is -2.01. The van der Waals surface area contributed by atoms with Gasteiger partial charge in [0.2, 0.25) is 0 Å². The molecule has 0 unspecified atom stereocenters. The average Bonchev–Trinajstić information content (AvgIpc) is 2.26. The van der Waals surface area contributed by atoms with Crippen molar-refractivity contribution in [3.8, 4) is 6.07 Å². The van der Waals surface area contributed by atoms with Gasteiger partial charge in [-0.15, -0.1) is 0 Å². The van der Waals surface area contributed by atoms with Crippen LogP contribution in [-0.2, 0) is 6.54 Å². The molecule has 0 amide bonds. The van der Waals surface area contributed by atoms with E-state index in [1.807, 2.05) is 13.0 Å². The van der Waals surface area contributed by atoms with Crippen molar-refractivity contribution >= 4 is 19.4 Å². The first-order valence-electron chi connectivity index (χ1n) is 3.22. The maximum absolute atomic E-state index is 8.49. The Balaban J connectivity index is 3.28. The topological polar surface area (TPSA) is 67.6 Å². The van der Waals surface area contributed by atoms with Gasteiger partial charge in [-0.05, 0) is 6.92 Å². The van der Waals surface area contributed by atoms with Crippen LogP contribution in [0.5, 0.6) is 0 Å². The molecule has 0 bridgehead atoms. The summed E-state index contributed by atoms with van der Waals surface area (Å²) in [6.07, 6.45) is 0. The highest BCUT2D eigenvalue weighted by Gasteiger charge is 2.07. The lowest BCUT2D eigenvalue weighted by molar-refractivity contribution is 0.796. The van der Waals surface area contributed by atoms with Crippen LogP contribution in [0.4, 0.5) is 5.82 Å². The van der Waals surface area contributed by atoms with Crippen molar-refractivity contribution in [1.29, 1.82) is 5.26 Å². The van der Waals surface area contributed by atoms with Gasteiger partial charge in [-0.2, -0.15) is 5.26 Å². The predicted octanol–water partition coefficient (Wildman–Crippen LogP) is -0.849. The van der Waals surface area contributed by atoms with Crippen LogP contribution >= 0.6 is 0 Å². The van der Waals surface area contributed by atoms with Crippen molar-refractivity contribution in [2.24, 2.45) is 0 Å². The minimum absolute atomic E-state index is 0.198. The minimum atomic E-state index is 0.198. The second kappa shape index (κ2) is 2.66. The number of nitrogens with two attached hydrogens (primary N) is 1. The average molecular weight is 146 g/mol. The molecular formula is C6H7BN4. The van der Waals surface area contributed by atoms with Crippen LogP contribution in [0.15, 0.2) is 0 Å². The molecule has 0 saturated carbocycles. The molecule has 0 aliphatic heterocycles. The molecule has 4 nitrogen and oxygen atoms in total. The van der Waals surface area contributed by atoms with Gasteiger partial charge in [0.1, 0.15) is 11.9 Å². The van der Waals surface area contributed by atoms with Crippen molar-refractivity contribution < 1.29 is 0 Å². The molecular weight excluding hydrogens is 139 g/mol. The number of nitrogens with zero attached hydrogens (tertiary/aromatic N) is 3. The third-order valence-electron chi connectivity index (χ3n) is 1.46. The van der Waals surface area contributed by atoms with Crippen LogP contribution < -0.4 is 11.5 Å². The molecule has 0 spiro atoms. The highest BCUT2D eigenvalue weighted by Crippen LogP contribution is 2.04. The lowest BCUT2D eigenvalue weighted by Crippen LogP contribution is -2.19. The van der Waals surface area contributed by atoms with Crippen molar-refractivity contribution in [2.45, 2.75) is 13.5 Å². The maximum Gasteiger partial charge on any atom is 0.181 e.